The van der Waals surface area contributed by atoms with Gasteiger partial charge in [0.1, 0.15) is 11.9 Å². The Kier molecular flexibility index (Phi) is 5.64. The van der Waals surface area contributed by atoms with Gasteiger partial charge in [0.2, 0.25) is 0 Å². The first kappa shape index (κ1) is 19.5. The highest BCUT2D eigenvalue weighted by molar-refractivity contribution is 9.10. The van der Waals surface area contributed by atoms with Crippen molar-refractivity contribution in [3.05, 3.63) is 62.0 Å². The Balaban J connectivity index is 2.11. The molecular formula is C19H21BrFN3O3. The number of ether oxygens (including phenoxy) is 1. The van der Waals surface area contributed by atoms with E-state index in [1.54, 1.807) is 18.2 Å². The van der Waals surface area contributed by atoms with Crippen molar-refractivity contribution in [1.82, 2.24) is 9.55 Å². The Hall–Kier alpha value is -2.22. The zero-order valence-corrected chi connectivity index (χ0v) is 16.7. The molecule has 2 N–H and O–H groups in total. The molecule has 27 heavy (non-hydrogen) atoms. The second-order valence-electron chi connectivity index (χ2n) is 6.95. The minimum atomic E-state index is -0.906. The molecule has 2 aromatic rings. The van der Waals surface area contributed by atoms with Crippen molar-refractivity contribution in [2.75, 3.05) is 0 Å². The van der Waals surface area contributed by atoms with Crippen LogP contribution in [0.5, 0.6) is 0 Å². The van der Waals surface area contributed by atoms with E-state index >= 15 is 0 Å². The van der Waals surface area contributed by atoms with Crippen LogP contribution in [-0.2, 0) is 17.6 Å². The van der Waals surface area contributed by atoms with Gasteiger partial charge >= 0.3 is 6.09 Å². The monoisotopic (exact) mass is 437 g/mol. The number of benzene rings is 1. The lowest BCUT2D eigenvalue weighted by Crippen LogP contribution is -2.40. The summed E-state index contributed by atoms with van der Waals surface area (Å²) in [6.45, 7) is 3.78. The number of primary amides is 1. The summed E-state index contributed by atoms with van der Waals surface area (Å²) in [5.74, 6) is -0.910. The summed E-state index contributed by atoms with van der Waals surface area (Å²) in [5.41, 5.74) is 6.61. The SMILES string of the molecule is CC(C)n1cnc2c(c1=O)[C@@H](Cc1cccc(Br)c1F)[C@@H](OC(N)=O)CC2. The highest BCUT2D eigenvalue weighted by Gasteiger charge is 2.36. The van der Waals surface area contributed by atoms with E-state index in [4.69, 9.17) is 10.5 Å². The lowest BCUT2D eigenvalue weighted by atomic mass is 9.80. The molecule has 144 valence electrons. The second-order valence-corrected chi connectivity index (χ2v) is 7.80. The van der Waals surface area contributed by atoms with E-state index in [0.717, 1.165) is 0 Å². The summed E-state index contributed by atoms with van der Waals surface area (Å²) in [7, 11) is 0. The van der Waals surface area contributed by atoms with Gasteiger partial charge in [-0.15, -0.1) is 0 Å². The number of carbonyl (C=O) groups is 1. The third kappa shape index (κ3) is 3.90. The van der Waals surface area contributed by atoms with Crippen LogP contribution < -0.4 is 11.3 Å². The average Bonchev–Trinajstić information content (AvgIpc) is 2.60. The van der Waals surface area contributed by atoms with Crippen molar-refractivity contribution in [2.45, 2.75) is 51.2 Å². The first-order valence-electron chi connectivity index (χ1n) is 8.78. The number of nitrogens with zero attached hydrogens (tertiary/aromatic N) is 2. The van der Waals surface area contributed by atoms with Crippen molar-refractivity contribution in [1.29, 1.82) is 0 Å². The van der Waals surface area contributed by atoms with Crippen molar-refractivity contribution >= 4 is 22.0 Å². The predicted octanol–water partition coefficient (Wildman–Crippen LogP) is 3.46. The van der Waals surface area contributed by atoms with E-state index < -0.39 is 23.9 Å². The highest BCUT2D eigenvalue weighted by atomic mass is 79.9. The summed E-state index contributed by atoms with van der Waals surface area (Å²) in [6, 6.07) is 4.92. The molecule has 1 amide bonds. The Morgan fingerprint density at radius 2 is 2.22 bits per heavy atom. The van der Waals surface area contributed by atoms with E-state index in [1.165, 1.54) is 10.9 Å². The molecular weight excluding hydrogens is 417 g/mol. The lowest BCUT2D eigenvalue weighted by molar-refractivity contribution is 0.0777. The van der Waals surface area contributed by atoms with E-state index in [0.29, 0.717) is 34.1 Å². The van der Waals surface area contributed by atoms with Gasteiger partial charge in [-0.3, -0.25) is 9.36 Å². The van der Waals surface area contributed by atoms with Gasteiger partial charge in [0.25, 0.3) is 5.56 Å². The number of carbonyl (C=O) groups excluding carboxylic acids is 1. The average molecular weight is 438 g/mol. The molecule has 0 bridgehead atoms. The zero-order valence-electron chi connectivity index (χ0n) is 15.1. The fourth-order valence-corrected chi connectivity index (χ4v) is 4.00. The maximum absolute atomic E-state index is 14.6. The molecule has 0 saturated heterocycles. The van der Waals surface area contributed by atoms with Crippen LogP contribution in [0.25, 0.3) is 0 Å². The zero-order chi connectivity index (χ0) is 19.7. The van der Waals surface area contributed by atoms with Crippen LogP contribution in [0.2, 0.25) is 0 Å². The molecule has 0 saturated carbocycles. The van der Waals surface area contributed by atoms with Gasteiger partial charge in [0, 0.05) is 17.5 Å². The first-order valence-corrected chi connectivity index (χ1v) is 9.57. The van der Waals surface area contributed by atoms with Crippen molar-refractivity contribution in [2.24, 2.45) is 5.73 Å². The van der Waals surface area contributed by atoms with E-state index in [1.807, 2.05) is 13.8 Å². The Morgan fingerprint density at radius 3 is 2.89 bits per heavy atom. The number of amides is 1. The quantitative estimate of drug-likeness (QED) is 0.792. The molecule has 0 spiro atoms. The van der Waals surface area contributed by atoms with Gasteiger partial charge < -0.3 is 10.5 Å². The maximum Gasteiger partial charge on any atom is 0.404 e. The summed E-state index contributed by atoms with van der Waals surface area (Å²) in [4.78, 5) is 28.9. The largest absolute Gasteiger partial charge is 0.446 e. The number of rotatable bonds is 4. The number of aromatic nitrogens is 2. The molecule has 1 aliphatic carbocycles. The van der Waals surface area contributed by atoms with Crippen LogP contribution in [0.4, 0.5) is 9.18 Å². The van der Waals surface area contributed by atoms with Gasteiger partial charge in [-0.1, -0.05) is 12.1 Å². The summed E-state index contributed by atoms with van der Waals surface area (Å²) >= 11 is 3.18. The predicted molar refractivity (Wildman–Crippen MR) is 102 cm³/mol. The fraction of sp³-hybridized carbons (Fsp3) is 0.421. The molecule has 3 rings (SSSR count). The first-order chi connectivity index (χ1) is 12.8. The standard InChI is InChI=1S/C19H21BrFN3O3/c1-10(2)24-9-23-14-6-7-15(27-19(22)26)12(16(14)18(24)25)8-11-4-3-5-13(20)17(11)21/h3-5,9-10,12,15H,6-8H2,1-2H3,(H2,22,26)/t12-,15-/m0/s1. The smallest absolute Gasteiger partial charge is 0.404 e. The Bertz CT molecular complexity index is 929. The molecule has 2 atom stereocenters. The van der Waals surface area contributed by atoms with Gasteiger partial charge in [-0.25, -0.2) is 14.2 Å². The van der Waals surface area contributed by atoms with E-state index in [9.17, 15) is 14.0 Å². The molecule has 0 unspecified atom stereocenters. The number of halogens is 2. The van der Waals surface area contributed by atoms with Crippen molar-refractivity contribution < 1.29 is 13.9 Å². The number of hydrogen-bond donors (Lipinski definition) is 1. The van der Waals surface area contributed by atoms with Crippen LogP contribution in [0.1, 0.15) is 49.0 Å². The van der Waals surface area contributed by atoms with Crippen LogP contribution in [-0.4, -0.2) is 21.7 Å². The summed E-state index contributed by atoms with van der Waals surface area (Å²) in [6.07, 6.45) is 1.21. The van der Waals surface area contributed by atoms with Gasteiger partial charge in [-0.05, 0) is 60.7 Å². The maximum atomic E-state index is 14.6. The third-order valence-electron chi connectivity index (χ3n) is 4.89. The van der Waals surface area contributed by atoms with E-state index in [-0.39, 0.29) is 18.0 Å². The van der Waals surface area contributed by atoms with Crippen LogP contribution >= 0.6 is 15.9 Å². The number of nitrogens with two attached hydrogens (primary N) is 1. The summed E-state index contributed by atoms with van der Waals surface area (Å²) < 4.78 is 21.7. The molecule has 6 nitrogen and oxygen atoms in total. The highest BCUT2D eigenvalue weighted by Crippen LogP contribution is 2.35. The van der Waals surface area contributed by atoms with Crippen LogP contribution in [0.15, 0.2) is 33.8 Å². The fourth-order valence-electron chi connectivity index (χ4n) is 3.59. The molecule has 1 aliphatic rings. The minimum Gasteiger partial charge on any atom is -0.446 e. The minimum absolute atomic E-state index is 0.0732. The third-order valence-corrected chi connectivity index (χ3v) is 5.51. The molecule has 0 aliphatic heterocycles. The van der Waals surface area contributed by atoms with Crippen molar-refractivity contribution in [3.8, 4) is 0 Å². The number of hydrogen-bond acceptors (Lipinski definition) is 4. The van der Waals surface area contributed by atoms with Crippen molar-refractivity contribution in [3.63, 3.8) is 0 Å². The second kappa shape index (κ2) is 7.80. The van der Waals surface area contributed by atoms with Gasteiger partial charge in [0.05, 0.1) is 16.5 Å². The molecule has 1 heterocycles. The molecule has 1 aromatic carbocycles. The normalized spacial score (nSPS) is 19.0. The molecule has 8 heteroatoms. The van der Waals surface area contributed by atoms with E-state index in [2.05, 4.69) is 20.9 Å². The van der Waals surface area contributed by atoms with Gasteiger partial charge in [-0.2, -0.15) is 0 Å². The molecule has 0 fully saturated rings. The van der Waals surface area contributed by atoms with Crippen LogP contribution in [0.3, 0.4) is 0 Å². The number of aryl methyl sites for hydroxylation is 1. The van der Waals surface area contributed by atoms with Gasteiger partial charge in [0.15, 0.2) is 0 Å². The summed E-state index contributed by atoms with van der Waals surface area (Å²) in [5, 5.41) is 0. The lowest BCUT2D eigenvalue weighted by Gasteiger charge is -2.32. The molecule has 1 aromatic heterocycles. The molecule has 0 radical (unpaired) electrons. The number of fused-ring (bicyclic) bond motifs is 1. The Labute approximate surface area is 164 Å². The topological polar surface area (TPSA) is 87.2 Å². The van der Waals surface area contributed by atoms with Crippen LogP contribution in [0, 0.1) is 5.82 Å². The Morgan fingerprint density at radius 1 is 1.48 bits per heavy atom.